The van der Waals surface area contributed by atoms with Crippen molar-refractivity contribution in [3.05, 3.63) is 22.4 Å². The largest absolute Gasteiger partial charge is 0.444 e. The average molecular weight is 355 g/mol. The van der Waals surface area contributed by atoms with Crippen molar-refractivity contribution in [2.45, 2.75) is 45.8 Å². The second kappa shape index (κ2) is 9.27. The van der Waals surface area contributed by atoms with E-state index >= 15 is 0 Å². The van der Waals surface area contributed by atoms with Crippen molar-refractivity contribution >= 4 is 29.2 Å². The first-order chi connectivity index (χ1) is 11.2. The number of carbonyl (C=O) groups excluding carboxylic acids is 3. The van der Waals surface area contributed by atoms with Crippen LogP contribution in [0.25, 0.3) is 0 Å². The van der Waals surface area contributed by atoms with Crippen LogP contribution < -0.4 is 16.0 Å². The van der Waals surface area contributed by atoms with Crippen molar-refractivity contribution < 1.29 is 19.1 Å². The van der Waals surface area contributed by atoms with E-state index in [1.807, 2.05) is 17.5 Å². The van der Waals surface area contributed by atoms with Crippen molar-refractivity contribution in [1.29, 1.82) is 0 Å². The normalized spacial score (nSPS) is 12.2. The monoisotopic (exact) mass is 355 g/mol. The summed E-state index contributed by atoms with van der Waals surface area (Å²) in [6, 6.07) is 3.40. The summed E-state index contributed by atoms with van der Waals surface area (Å²) >= 11 is 1.48. The number of amides is 3. The maximum atomic E-state index is 12.0. The number of hydrogen-bond donors (Lipinski definition) is 3. The SMILES string of the molecule is CC(=O)NC(CC(=O)NCCNC(=O)OC(C)(C)C)c1cccs1. The lowest BCUT2D eigenvalue weighted by Crippen LogP contribution is -2.39. The summed E-state index contributed by atoms with van der Waals surface area (Å²) < 4.78 is 5.09. The molecule has 1 unspecified atom stereocenters. The van der Waals surface area contributed by atoms with Gasteiger partial charge in [-0.15, -0.1) is 11.3 Å². The minimum absolute atomic E-state index is 0.145. The maximum Gasteiger partial charge on any atom is 0.407 e. The van der Waals surface area contributed by atoms with Gasteiger partial charge in [0.1, 0.15) is 5.60 Å². The Balaban J connectivity index is 2.34. The summed E-state index contributed by atoms with van der Waals surface area (Å²) in [5.41, 5.74) is -0.556. The number of hydrogen-bond acceptors (Lipinski definition) is 5. The first-order valence-electron chi connectivity index (χ1n) is 7.71. The number of carbonyl (C=O) groups is 3. The van der Waals surface area contributed by atoms with Crippen molar-refractivity contribution in [1.82, 2.24) is 16.0 Å². The van der Waals surface area contributed by atoms with E-state index in [0.717, 1.165) is 4.88 Å². The lowest BCUT2D eigenvalue weighted by Gasteiger charge is -2.20. The third kappa shape index (κ3) is 8.52. The molecule has 0 bridgehead atoms. The van der Waals surface area contributed by atoms with Gasteiger partial charge in [-0.2, -0.15) is 0 Å². The topological polar surface area (TPSA) is 96.5 Å². The molecule has 134 valence electrons. The van der Waals surface area contributed by atoms with Crippen molar-refractivity contribution in [3.63, 3.8) is 0 Å². The van der Waals surface area contributed by atoms with Crippen LogP contribution in [0.1, 0.15) is 45.0 Å². The molecule has 0 spiro atoms. The van der Waals surface area contributed by atoms with Crippen molar-refractivity contribution in [3.8, 4) is 0 Å². The Morgan fingerprint density at radius 3 is 2.42 bits per heavy atom. The molecular weight excluding hydrogens is 330 g/mol. The van der Waals surface area contributed by atoms with Gasteiger partial charge in [-0.3, -0.25) is 9.59 Å². The number of rotatable bonds is 7. The first kappa shape index (κ1) is 20.0. The van der Waals surface area contributed by atoms with E-state index in [1.54, 1.807) is 20.8 Å². The Bertz CT molecular complexity index is 552. The van der Waals surface area contributed by atoms with Crippen LogP contribution >= 0.6 is 11.3 Å². The summed E-state index contributed by atoms with van der Waals surface area (Å²) in [4.78, 5) is 35.7. The molecule has 7 nitrogen and oxygen atoms in total. The van der Waals surface area contributed by atoms with E-state index in [-0.39, 0.29) is 37.4 Å². The summed E-state index contributed by atoms with van der Waals surface area (Å²) in [6.07, 6.45) is -0.376. The van der Waals surface area contributed by atoms with Gasteiger partial charge in [-0.25, -0.2) is 4.79 Å². The van der Waals surface area contributed by atoms with E-state index in [1.165, 1.54) is 18.3 Å². The summed E-state index contributed by atoms with van der Waals surface area (Å²) in [6.45, 7) is 7.31. The molecule has 24 heavy (non-hydrogen) atoms. The molecule has 1 atom stereocenters. The Labute approximate surface area is 146 Å². The van der Waals surface area contributed by atoms with Gasteiger partial charge in [0.15, 0.2) is 0 Å². The fourth-order valence-corrected chi connectivity index (χ4v) is 2.67. The minimum Gasteiger partial charge on any atom is -0.444 e. The molecule has 0 radical (unpaired) electrons. The summed E-state index contributed by atoms with van der Waals surface area (Å²) in [7, 11) is 0. The van der Waals surface area contributed by atoms with Crippen LogP contribution in [0.3, 0.4) is 0 Å². The van der Waals surface area contributed by atoms with Crippen molar-refractivity contribution in [2.75, 3.05) is 13.1 Å². The van der Waals surface area contributed by atoms with Crippen LogP contribution in [0.15, 0.2) is 17.5 Å². The van der Waals surface area contributed by atoms with Gasteiger partial charge >= 0.3 is 6.09 Å². The fraction of sp³-hybridized carbons (Fsp3) is 0.562. The smallest absolute Gasteiger partial charge is 0.407 e. The highest BCUT2D eigenvalue weighted by Gasteiger charge is 2.18. The van der Waals surface area contributed by atoms with Gasteiger partial charge in [0.25, 0.3) is 0 Å². The van der Waals surface area contributed by atoms with Gasteiger partial charge in [-0.1, -0.05) is 6.07 Å². The zero-order chi connectivity index (χ0) is 18.2. The molecule has 8 heteroatoms. The molecule has 0 saturated carbocycles. The van der Waals surface area contributed by atoms with E-state index < -0.39 is 11.7 Å². The van der Waals surface area contributed by atoms with Gasteiger partial charge in [-0.05, 0) is 32.2 Å². The first-order valence-corrected chi connectivity index (χ1v) is 8.59. The average Bonchev–Trinajstić information content (AvgIpc) is 2.94. The lowest BCUT2D eigenvalue weighted by atomic mass is 10.1. The number of ether oxygens (including phenoxy) is 1. The summed E-state index contributed by atoms with van der Waals surface area (Å²) in [5, 5.41) is 9.94. The number of alkyl carbamates (subject to hydrolysis) is 1. The van der Waals surface area contributed by atoms with E-state index in [2.05, 4.69) is 16.0 Å². The second-order valence-corrected chi connectivity index (χ2v) is 7.23. The molecule has 1 aromatic heterocycles. The molecule has 0 aromatic carbocycles. The standard InChI is InChI=1S/C16H25N3O4S/c1-11(20)19-12(13-6-5-9-24-13)10-14(21)17-7-8-18-15(22)23-16(2,3)4/h5-6,9,12H,7-8,10H2,1-4H3,(H,17,21)(H,18,22)(H,19,20). The highest BCUT2D eigenvalue weighted by molar-refractivity contribution is 7.10. The van der Waals surface area contributed by atoms with Crippen LogP contribution in [0.4, 0.5) is 4.79 Å². The third-order valence-corrected chi connectivity index (χ3v) is 3.76. The Kier molecular flexibility index (Phi) is 7.70. The van der Waals surface area contributed by atoms with Gasteiger partial charge in [0.2, 0.25) is 11.8 Å². The molecule has 0 saturated heterocycles. The minimum atomic E-state index is -0.556. The summed E-state index contributed by atoms with van der Waals surface area (Å²) in [5.74, 6) is -0.388. The van der Waals surface area contributed by atoms with Gasteiger partial charge in [0, 0.05) is 24.9 Å². The second-order valence-electron chi connectivity index (χ2n) is 6.25. The van der Waals surface area contributed by atoms with E-state index in [9.17, 15) is 14.4 Å². The molecule has 0 fully saturated rings. The quantitative estimate of drug-likeness (QED) is 0.651. The Morgan fingerprint density at radius 1 is 1.21 bits per heavy atom. The molecule has 1 aromatic rings. The Hall–Kier alpha value is -2.09. The molecule has 0 aliphatic heterocycles. The molecule has 0 aliphatic rings. The Morgan fingerprint density at radius 2 is 1.88 bits per heavy atom. The van der Waals surface area contributed by atoms with E-state index in [0.29, 0.717) is 0 Å². The third-order valence-electron chi connectivity index (χ3n) is 2.77. The fourth-order valence-electron chi connectivity index (χ4n) is 1.90. The van der Waals surface area contributed by atoms with Crippen molar-refractivity contribution in [2.24, 2.45) is 0 Å². The highest BCUT2D eigenvalue weighted by atomic mass is 32.1. The molecule has 3 N–H and O–H groups in total. The van der Waals surface area contributed by atoms with E-state index in [4.69, 9.17) is 4.74 Å². The number of nitrogens with one attached hydrogen (secondary N) is 3. The van der Waals surface area contributed by atoms with Crippen LogP contribution in [-0.4, -0.2) is 36.6 Å². The number of thiophene rings is 1. The lowest BCUT2D eigenvalue weighted by molar-refractivity contribution is -0.122. The zero-order valence-corrected chi connectivity index (χ0v) is 15.3. The zero-order valence-electron chi connectivity index (χ0n) is 14.5. The predicted octanol–water partition coefficient (Wildman–Crippen LogP) is 1.96. The van der Waals surface area contributed by atoms with Crippen LogP contribution in [-0.2, 0) is 14.3 Å². The molecule has 0 aliphatic carbocycles. The predicted molar refractivity (Wildman–Crippen MR) is 92.7 cm³/mol. The van der Waals surface area contributed by atoms with Gasteiger partial charge < -0.3 is 20.7 Å². The molecule has 1 heterocycles. The molecule has 3 amide bonds. The van der Waals surface area contributed by atoms with Gasteiger partial charge in [0.05, 0.1) is 12.5 Å². The maximum absolute atomic E-state index is 12.0. The molecule has 1 rings (SSSR count). The highest BCUT2D eigenvalue weighted by Crippen LogP contribution is 2.21. The van der Waals surface area contributed by atoms with Crippen LogP contribution in [0, 0.1) is 0 Å². The van der Waals surface area contributed by atoms with Crippen LogP contribution in [0.5, 0.6) is 0 Å². The van der Waals surface area contributed by atoms with Crippen LogP contribution in [0.2, 0.25) is 0 Å². The molecular formula is C16H25N3O4S.